The van der Waals surface area contributed by atoms with Gasteiger partial charge in [-0.3, -0.25) is 0 Å². The Morgan fingerprint density at radius 2 is 1.07 bits per heavy atom. The summed E-state index contributed by atoms with van der Waals surface area (Å²) in [6, 6.07) is 0. The first-order valence-corrected chi connectivity index (χ1v) is 7.66. The molecule has 0 aliphatic rings. The van der Waals surface area contributed by atoms with Crippen molar-refractivity contribution >= 4 is 56.2 Å². The zero-order valence-electron chi connectivity index (χ0n) is 15.9. The largest absolute Gasteiger partial charge is 2.00 e. The van der Waals surface area contributed by atoms with Gasteiger partial charge in [-0.2, -0.15) is 0 Å². The van der Waals surface area contributed by atoms with E-state index in [1.165, 1.54) is 0 Å². The van der Waals surface area contributed by atoms with Gasteiger partial charge in [0.15, 0.2) is 0 Å². The Morgan fingerprint density at radius 3 is 1.50 bits per heavy atom. The summed E-state index contributed by atoms with van der Waals surface area (Å²) in [5.41, 5.74) is 0. The molecule has 172 valence electrons. The molecule has 0 aromatic carbocycles. The van der Waals surface area contributed by atoms with E-state index in [1.54, 1.807) is 0 Å². The van der Waals surface area contributed by atoms with E-state index in [9.17, 15) is 30.5 Å². The molecule has 0 heterocycles. The summed E-state index contributed by atoms with van der Waals surface area (Å²) < 4.78 is 4.07. The Morgan fingerprint density at radius 1 is 0.679 bits per heavy atom. The monoisotopic (exact) mass is 550 g/mol. The van der Waals surface area contributed by atoms with Crippen LogP contribution in [-0.4, -0.2) is 147 Å². The standard InChI is InChI=1S/C13H27BO8.Ba.5H2O/c15-8-6-4-2-1-3-5-7-10(16)12(18)13(19)11(17)9-22-14(20)21;;;;;;/h10-13,15-19H,1-9H2;;5*1H2/q-2;+2;;;;;. The topological polar surface area (TPSA) is 314 Å². The predicted octanol–water partition coefficient (Wildman–Crippen LogP) is -7.63. The average molecular weight is 550 g/mol. The molecule has 13 nitrogen and oxygen atoms in total. The predicted molar refractivity (Wildman–Crippen MR) is 99.0 cm³/mol. The third-order valence-corrected chi connectivity index (χ3v) is 3.45. The minimum absolute atomic E-state index is 0. The second kappa shape index (κ2) is 30.3. The van der Waals surface area contributed by atoms with E-state index in [0.29, 0.717) is 6.42 Å². The van der Waals surface area contributed by atoms with Crippen molar-refractivity contribution in [2.24, 2.45) is 0 Å². The van der Waals surface area contributed by atoms with Gasteiger partial charge in [0.05, 0.1) is 20.0 Å². The zero-order chi connectivity index (χ0) is 17.0. The van der Waals surface area contributed by atoms with Crippen LogP contribution in [0.2, 0.25) is 0 Å². The third-order valence-electron chi connectivity index (χ3n) is 3.45. The van der Waals surface area contributed by atoms with Gasteiger partial charge in [-0.25, -0.2) is 0 Å². The van der Waals surface area contributed by atoms with Crippen LogP contribution in [-0.2, 0) is 4.65 Å². The molecule has 15 N–H and O–H groups in total. The van der Waals surface area contributed by atoms with E-state index in [0.717, 1.165) is 32.1 Å². The molecule has 0 aromatic rings. The molecule has 0 aliphatic heterocycles. The first-order valence-electron chi connectivity index (χ1n) is 7.66. The van der Waals surface area contributed by atoms with Gasteiger partial charge >= 0.3 is 48.9 Å². The first kappa shape index (κ1) is 47.1. The van der Waals surface area contributed by atoms with E-state index >= 15 is 0 Å². The van der Waals surface area contributed by atoms with E-state index in [1.807, 2.05) is 0 Å². The molecule has 4 unspecified atom stereocenters. The minimum Gasteiger partial charge on any atom is -0.871 e. The van der Waals surface area contributed by atoms with E-state index in [-0.39, 0.29) is 89.3 Å². The Labute approximate surface area is 205 Å². The molecule has 0 rings (SSSR count). The summed E-state index contributed by atoms with van der Waals surface area (Å²) >= 11 is 0. The van der Waals surface area contributed by atoms with Crippen LogP contribution in [0.5, 0.6) is 0 Å². The summed E-state index contributed by atoms with van der Waals surface area (Å²) in [5.74, 6) is 0. The van der Waals surface area contributed by atoms with Crippen LogP contribution in [0.3, 0.4) is 0 Å². The van der Waals surface area contributed by atoms with Crippen LogP contribution in [0.1, 0.15) is 44.9 Å². The smallest absolute Gasteiger partial charge is 0.871 e. The van der Waals surface area contributed by atoms with Crippen molar-refractivity contribution in [2.45, 2.75) is 69.4 Å². The van der Waals surface area contributed by atoms with Crippen LogP contribution >= 0.6 is 0 Å². The maximum absolute atomic E-state index is 10.1. The van der Waals surface area contributed by atoms with Crippen molar-refractivity contribution in [3.63, 3.8) is 0 Å². The van der Waals surface area contributed by atoms with Crippen molar-refractivity contribution in [3.8, 4) is 0 Å². The molecule has 0 aliphatic carbocycles. The molecule has 0 bridgehead atoms. The molecule has 0 aromatic heterocycles. The molecule has 0 radical (unpaired) electrons. The van der Waals surface area contributed by atoms with Crippen molar-refractivity contribution in [1.82, 2.24) is 0 Å². The number of aliphatic hydroxyl groups is 5. The van der Waals surface area contributed by atoms with Gasteiger partial charge in [0.1, 0.15) is 18.3 Å². The fourth-order valence-corrected chi connectivity index (χ4v) is 2.07. The van der Waals surface area contributed by atoms with Crippen molar-refractivity contribution in [2.75, 3.05) is 13.2 Å². The van der Waals surface area contributed by atoms with Crippen LogP contribution in [0.15, 0.2) is 0 Å². The molecule has 0 spiro atoms. The molecular weight excluding hydrogens is 512 g/mol. The number of aliphatic hydroxyl groups excluding tert-OH is 5. The normalized spacial score (nSPS) is 13.4. The number of hydrogen-bond donors (Lipinski definition) is 5. The van der Waals surface area contributed by atoms with Crippen LogP contribution < -0.4 is 10.0 Å². The van der Waals surface area contributed by atoms with Crippen LogP contribution in [0.25, 0.3) is 0 Å². The summed E-state index contributed by atoms with van der Waals surface area (Å²) in [4.78, 5) is 0. The maximum Gasteiger partial charge on any atom is 2.00 e. The van der Waals surface area contributed by atoms with Gasteiger partial charge in [-0.15, -0.1) is 0 Å². The van der Waals surface area contributed by atoms with Crippen molar-refractivity contribution in [3.05, 3.63) is 0 Å². The fourth-order valence-electron chi connectivity index (χ4n) is 2.07. The summed E-state index contributed by atoms with van der Waals surface area (Å²) in [5, 5.41) is 67.3. The van der Waals surface area contributed by atoms with E-state index in [4.69, 9.17) is 5.11 Å². The molecular formula is C13H37BBaO13. The minimum atomic E-state index is -2.57. The Bertz CT molecular complexity index is 269. The average Bonchev–Trinajstić information content (AvgIpc) is 2.49. The second-order valence-electron chi connectivity index (χ2n) is 5.37. The van der Waals surface area contributed by atoms with Gasteiger partial charge in [0, 0.05) is 6.61 Å². The summed E-state index contributed by atoms with van der Waals surface area (Å²) in [6.45, 7) is -0.512. The third kappa shape index (κ3) is 25.2. The molecule has 4 atom stereocenters. The molecule has 28 heavy (non-hydrogen) atoms. The van der Waals surface area contributed by atoms with Gasteiger partial charge < -0.3 is 67.6 Å². The van der Waals surface area contributed by atoms with Crippen molar-refractivity contribution in [1.29, 1.82) is 0 Å². The van der Waals surface area contributed by atoms with E-state index in [2.05, 4.69) is 4.65 Å². The molecule has 0 amide bonds. The van der Waals surface area contributed by atoms with Gasteiger partial charge in [0.2, 0.25) is 0 Å². The number of hydrogen-bond acceptors (Lipinski definition) is 8. The van der Waals surface area contributed by atoms with Crippen molar-refractivity contribution < 1.29 is 67.6 Å². The molecule has 0 saturated carbocycles. The quantitative estimate of drug-likeness (QED) is 0.102. The SMILES string of the molecule is O.O.O.O.O.[Ba+2].[O-]B([O-])OCC(O)C(O)C(O)C(O)CCCCCCCCO. The summed E-state index contributed by atoms with van der Waals surface area (Å²) in [7, 11) is -2.57. The molecule has 15 heteroatoms. The first-order chi connectivity index (χ1) is 10.4. The Hall–Kier alpha value is 1.12. The molecule has 0 saturated heterocycles. The van der Waals surface area contributed by atoms with Gasteiger partial charge in [-0.1, -0.05) is 32.1 Å². The summed E-state index contributed by atoms with van der Waals surface area (Å²) in [6.07, 6.45) is -0.662. The Balaban J connectivity index is -0.000000147. The van der Waals surface area contributed by atoms with Gasteiger partial charge in [-0.05, 0) is 12.8 Å². The number of unbranched alkanes of at least 4 members (excludes halogenated alkanes) is 5. The number of rotatable bonds is 14. The van der Waals surface area contributed by atoms with Crippen LogP contribution in [0, 0.1) is 0 Å². The fraction of sp³-hybridized carbons (Fsp3) is 1.00. The van der Waals surface area contributed by atoms with Gasteiger partial charge in [0.25, 0.3) is 0 Å². The Kier molecular flexibility index (Phi) is 50.9. The van der Waals surface area contributed by atoms with Crippen LogP contribution in [0.4, 0.5) is 0 Å². The molecule has 0 fully saturated rings. The van der Waals surface area contributed by atoms with E-state index < -0.39 is 38.3 Å². The second-order valence-corrected chi connectivity index (χ2v) is 5.37. The zero-order valence-corrected chi connectivity index (χ0v) is 20.4. The maximum atomic E-state index is 10.1.